The molecule has 0 amide bonds. The Labute approximate surface area is 120 Å². The molecule has 19 heavy (non-hydrogen) atoms. The number of halogens is 1. The van der Waals surface area contributed by atoms with Crippen molar-refractivity contribution in [2.24, 2.45) is 0 Å². The van der Waals surface area contributed by atoms with Gasteiger partial charge in [-0.3, -0.25) is 4.98 Å². The lowest BCUT2D eigenvalue weighted by molar-refractivity contribution is 1.20. The van der Waals surface area contributed by atoms with E-state index in [0.29, 0.717) is 0 Å². The monoisotopic (exact) mass is 289 g/mol. The Bertz CT molecular complexity index is 724. The first-order chi connectivity index (χ1) is 9.24. The fraction of sp³-hybridized carbons (Fsp3) is 0.0714. The number of thiophene rings is 1. The van der Waals surface area contributed by atoms with Gasteiger partial charge in [-0.2, -0.15) is 0 Å². The lowest BCUT2D eigenvalue weighted by Gasteiger charge is -2.10. The molecule has 1 aromatic carbocycles. The third-order valence-corrected chi connectivity index (χ3v) is 4.16. The predicted molar refractivity (Wildman–Crippen MR) is 82.8 cm³/mol. The summed E-state index contributed by atoms with van der Waals surface area (Å²) in [5.74, 6) is 0. The van der Waals surface area contributed by atoms with E-state index >= 15 is 0 Å². The van der Waals surface area contributed by atoms with Gasteiger partial charge in [0.05, 0.1) is 4.34 Å². The van der Waals surface area contributed by atoms with Crippen molar-refractivity contribution in [1.82, 2.24) is 4.98 Å². The number of benzene rings is 1. The molecule has 0 aliphatic rings. The van der Waals surface area contributed by atoms with Crippen LogP contribution in [0, 0.1) is 0 Å². The molecule has 96 valence electrons. The van der Waals surface area contributed by atoms with Crippen LogP contribution in [-0.4, -0.2) is 4.98 Å². The summed E-state index contributed by atoms with van der Waals surface area (Å²) in [5.41, 5.74) is 7.76. The van der Waals surface area contributed by atoms with Crippen molar-refractivity contribution >= 4 is 45.1 Å². The van der Waals surface area contributed by atoms with E-state index in [-0.39, 0.29) is 0 Å². The van der Waals surface area contributed by atoms with Gasteiger partial charge in [0.2, 0.25) is 0 Å². The summed E-state index contributed by atoms with van der Waals surface area (Å²) < 4.78 is 0.806. The van der Waals surface area contributed by atoms with E-state index in [9.17, 15) is 0 Å². The maximum Gasteiger partial charge on any atom is 0.0931 e. The average molecular weight is 290 g/mol. The second kappa shape index (κ2) is 5.07. The molecule has 3 rings (SSSR count). The van der Waals surface area contributed by atoms with E-state index in [4.69, 9.17) is 17.3 Å². The molecule has 5 heteroatoms. The lowest BCUT2D eigenvalue weighted by Crippen LogP contribution is -1.99. The number of nitrogens with two attached hydrogens (primary N) is 1. The van der Waals surface area contributed by atoms with Gasteiger partial charge in [-0.05, 0) is 30.3 Å². The van der Waals surface area contributed by atoms with Gasteiger partial charge in [-0.1, -0.05) is 11.6 Å². The first-order valence-corrected chi connectivity index (χ1v) is 7.04. The van der Waals surface area contributed by atoms with Gasteiger partial charge in [-0.25, -0.2) is 0 Å². The van der Waals surface area contributed by atoms with Crippen molar-refractivity contribution in [2.75, 3.05) is 11.1 Å². The number of pyridine rings is 1. The number of anilines is 2. The molecule has 3 aromatic rings. The van der Waals surface area contributed by atoms with Crippen molar-refractivity contribution < 1.29 is 0 Å². The Morgan fingerprint density at radius 2 is 2.05 bits per heavy atom. The molecule has 0 fully saturated rings. The van der Waals surface area contributed by atoms with Crippen LogP contribution < -0.4 is 11.1 Å². The number of hydrogen-bond donors (Lipinski definition) is 2. The van der Waals surface area contributed by atoms with Crippen LogP contribution in [0.1, 0.15) is 4.88 Å². The minimum atomic E-state index is 0.741. The van der Waals surface area contributed by atoms with E-state index in [1.54, 1.807) is 17.5 Å². The fourth-order valence-corrected chi connectivity index (χ4v) is 3.02. The standard InChI is InChI=1S/C14H12ClN3S/c15-14-4-1-9(19-14)7-18-13-3-2-12(16)10-5-6-17-8-11(10)13/h1-6,8,18H,7,16H2. The number of aromatic nitrogens is 1. The lowest BCUT2D eigenvalue weighted by atomic mass is 10.1. The third kappa shape index (κ3) is 2.50. The third-order valence-electron chi connectivity index (χ3n) is 2.93. The van der Waals surface area contributed by atoms with Crippen LogP contribution in [0.2, 0.25) is 4.34 Å². The predicted octanol–water partition coefficient (Wildman–Crippen LogP) is 4.14. The van der Waals surface area contributed by atoms with Crippen LogP contribution in [0.3, 0.4) is 0 Å². The Hall–Kier alpha value is -1.78. The highest BCUT2D eigenvalue weighted by Crippen LogP contribution is 2.28. The molecular weight excluding hydrogens is 278 g/mol. The molecule has 0 spiro atoms. The van der Waals surface area contributed by atoms with Crippen molar-refractivity contribution in [2.45, 2.75) is 6.54 Å². The molecule has 2 aromatic heterocycles. The number of nitrogens with zero attached hydrogens (tertiary/aromatic N) is 1. The van der Waals surface area contributed by atoms with Crippen LogP contribution in [0.5, 0.6) is 0 Å². The van der Waals surface area contributed by atoms with E-state index in [0.717, 1.165) is 33.0 Å². The van der Waals surface area contributed by atoms with Crippen LogP contribution in [0.4, 0.5) is 11.4 Å². The van der Waals surface area contributed by atoms with Crippen LogP contribution in [-0.2, 0) is 6.54 Å². The van der Waals surface area contributed by atoms with Crippen molar-refractivity contribution in [3.8, 4) is 0 Å². The SMILES string of the molecule is Nc1ccc(NCc2ccc(Cl)s2)c2cnccc12. The van der Waals surface area contributed by atoms with Crippen LogP contribution in [0.25, 0.3) is 10.8 Å². The molecule has 0 saturated carbocycles. The van der Waals surface area contributed by atoms with Gasteiger partial charge in [0.25, 0.3) is 0 Å². The summed E-state index contributed by atoms with van der Waals surface area (Å²) in [7, 11) is 0. The Kier molecular flexibility index (Phi) is 3.27. The number of rotatable bonds is 3. The maximum atomic E-state index is 5.96. The van der Waals surface area contributed by atoms with Gasteiger partial charge in [-0.15, -0.1) is 11.3 Å². The molecule has 0 atom stereocenters. The Morgan fingerprint density at radius 3 is 2.84 bits per heavy atom. The summed E-state index contributed by atoms with van der Waals surface area (Å²) >= 11 is 7.50. The molecule has 3 N–H and O–H groups in total. The van der Waals surface area contributed by atoms with E-state index in [1.807, 2.05) is 36.5 Å². The van der Waals surface area contributed by atoms with Crippen molar-refractivity contribution in [1.29, 1.82) is 0 Å². The van der Waals surface area contributed by atoms with E-state index < -0.39 is 0 Å². The zero-order chi connectivity index (χ0) is 13.2. The smallest absolute Gasteiger partial charge is 0.0931 e. The topological polar surface area (TPSA) is 50.9 Å². The van der Waals surface area contributed by atoms with Gasteiger partial charge in [0.1, 0.15) is 0 Å². The molecule has 0 saturated heterocycles. The number of nitrogens with one attached hydrogen (secondary N) is 1. The first kappa shape index (κ1) is 12.3. The van der Waals surface area contributed by atoms with Crippen molar-refractivity contribution in [3.63, 3.8) is 0 Å². The highest BCUT2D eigenvalue weighted by molar-refractivity contribution is 7.16. The fourth-order valence-electron chi connectivity index (χ4n) is 2.00. The molecule has 0 aliphatic carbocycles. The molecule has 0 radical (unpaired) electrons. The van der Waals surface area contributed by atoms with Crippen LogP contribution in [0.15, 0.2) is 42.7 Å². The highest BCUT2D eigenvalue weighted by atomic mass is 35.5. The van der Waals surface area contributed by atoms with Crippen LogP contribution >= 0.6 is 22.9 Å². The highest BCUT2D eigenvalue weighted by Gasteiger charge is 2.04. The second-order valence-electron chi connectivity index (χ2n) is 4.18. The molecule has 3 nitrogen and oxygen atoms in total. The van der Waals surface area contributed by atoms with E-state index in [2.05, 4.69) is 10.3 Å². The molecule has 2 heterocycles. The normalized spacial score (nSPS) is 10.8. The molecule has 0 unspecified atom stereocenters. The van der Waals surface area contributed by atoms with Gasteiger partial charge < -0.3 is 11.1 Å². The first-order valence-electron chi connectivity index (χ1n) is 5.84. The summed E-state index contributed by atoms with van der Waals surface area (Å²) in [4.78, 5) is 5.35. The minimum Gasteiger partial charge on any atom is -0.398 e. The summed E-state index contributed by atoms with van der Waals surface area (Å²) in [6.07, 6.45) is 3.58. The number of hydrogen-bond acceptors (Lipinski definition) is 4. The molecule has 0 bridgehead atoms. The zero-order valence-electron chi connectivity index (χ0n) is 10.1. The summed E-state index contributed by atoms with van der Waals surface area (Å²) in [6, 6.07) is 9.75. The minimum absolute atomic E-state index is 0.741. The summed E-state index contributed by atoms with van der Waals surface area (Å²) in [6.45, 7) is 0.741. The van der Waals surface area contributed by atoms with Gasteiger partial charge >= 0.3 is 0 Å². The molecular formula is C14H12ClN3S. The second-order valence-corrected chi connectivity index (χ2v) is 5.98. The molecule has 0 aliphatic heterocycles. The van der Waals surface area contributed by atoms with Crippen molar-refractivity contribution in [3.05, 3.63) is 51.9 Å². The number of fused-ring (bicyclic) bond motifs is 1. The summed E-state index contributed by atoms with van der Waals surface area (Å²) in [5, 5.41) is 5.45. The largest absolute Gasteiger partial charge is 0.398 e. The maximum absolute atomic E-state index is 5.96. The zero-order valence-corrected chi connectivity index (χ0v) is 11.6. The number of nitrogen functional groups attached to an aromatic ring is 1. The van der Waals surface area contributed by atoms with Gasteiger partial charge in [0, 0.05) is 46.0 Å². The van der Waals surface area contributed by atoms with Gasteiger partial charge in [0.15, 0.2) is 0 Å². The van der Waals surface area contributed by atoms with E-state index in [1.165, 1.54) is 4.88 Å². The Morgan fingerprint density at radius 1 is 1.16 bits per heavy atom. The quantitative estimate of drug-likeness (QED) is 0.712. The average Bonchev–Trinajstić information content (AvgIpc) is 2.84. The Balaban J connectivity index is 1.91.